The minimum absolute atomic E-state index is 0. The minimum atomic E-state index is 0. The molecular weight excluding hydrogens is 220 g/mol. The Morgan fingerprint density at radius 3 is 2.06 bits per heavy atom. The quantitative estimate of drug-likeness (QED) is 0.558. The fraction of sp³-hybridized carbons (Fsp3) is 0.538. The Hall–Kier alpha value is -0.570. The monoisotopic (exact) mass is 238 g/mol. The molecule has 0 spiro atoms. The summed E-state index contributed by atoms with van der Waals surface area (Å²) in [6.07, 6.45) is 0. The summed E-state index contributed by atoms with van der Waals surface area (Å²) in [6.45, 7) is 9.25. The molecule has 0 unspecified atom stereocenters. The molecule has 3 saturated heterocycles. The minimum Gasteiger partial charge on any atom is -1.00 e. The Labute approximate surface area is 104 Å². The van der Waals surface area contributed by atoms with Crippen molar-refractivity contribution < 1.29 is 16.9 Å². The van der Waals surface area contributed by atoms with Gasteiger partial charge in [-0.25, -0.2) is 0 Å². The Balaban J connectivity index is 0.000000963. The van der Waals surface area contributed by atoms with Crippen LogP contribution >= 0.6 is 0 Å². The van der Waals surface area contributed by atoms with Crippen molar-refractivity contribution in [1.82, 2.24) is 4.90 Å². The van der Waals surface area contributed by atoms with Crippen molar-refractivity contribution >= 4 is 0 Å². The van der Waals surface area contributed by atoms with E-state index >= 15 is 0 Å². The van der Waals surface area contributed by atoms with Crippen molar-refractivity contribution in [1.29, 1.82) is 0 Å². The second-order valence-electron chi connectivity index (χ2n) is 5.00. The Bertz CT molecular complexity index is 317. The van der Waals surface area contributed by atoms with Gasteiger partial charge in [0.05, 0.1) is 19.6 Å². The van der Waals surface area contributed by atoms with Gasteiger partial charge in [0.1, 0.15) is 6.54 Å². The van der Waals surface area contributed by atoms with Gasteiger partial charge in [0.2, 0.25) is 0 Å². The highest BCUT2D eigenvalue weighted by Gasteiger charge is 2.38. The number of nitrogens with zero attached hydrogens (tertiary/aromatic N) is 2. The van der Waals surface area contributed by atoms with E-state index in [4.69, 9.17) is 0 Å². The fourth-order valence-corrected chi connectivity index (χ4v) is 2.94. The summed E-state index contributed by atoms with van der Waals surface area (Å²) in [4.78, 5) is 2.60. The molecule has 3 heterocycles. The second-order valence-corrected chi connectivity index (χ2v) is 5.00. The van der Waals surface area contributed by atoms with Crippen molar-refractivity contribution in [2.45, 2.75) is 6.54 Å². The van der Waals surface area contributed by atoms with Crippen LogP contribution in [0.15, 0.2) is 30.3 Å². The Morgan fingerprint density at radius 2 is 1.50 bits per heavy atom. The molecule has 88 valence electrons. The van der Waals surface area contributed by atoms with E-state index in [9.17, 15) is 0 Å². The van der Waals surface area contributed by atoms with Crippen LogP contribution in [0.1, 0.15) is 5.56 Å². The summed E-state index contributed by atoms with van der Waals surface area (Å²) in [6, 6.07) is 11.0. The van der Waals surface area contributed by atoms with Crippen LogP contribution < -0.4 is 12.4 Å². The third-order valence-corrected chi connectivity index (χ3v) is 4.03. The number of halogens is 1. The van der Waals surface area contributed by atoms with Gasteiger partial charge in [-0.3, -0.25) is 4.90 Å². The number of rotatable bonds is 2. The van der Waals surface area contributed by atoms with Crippen molar-refractivity contribution in [3.05, 3.63) is 35.9 Å². The Kier molecular flexibility index (Phi) is 3.53. The lowest BCUT2D eigenvalue weighted by molar-refractivity contribution is -0.953. The number of benzene rings is 1. The summed E-state index contributed by atoms with van der Waals surface area (Å²) in [7, 11) is 0. The average Bonchev–Trinajstić information content (AvgIpc) is 2.32. The number of hydrogen-bond donors (Lipinski definition) is 0. The molecule has 1 aromatic carbocycles. The van der Waals surface area contributed by atoms with Crippen molar-refractivity contribution in [3.8, 4) is 0 Å². The number of fused-ring (bicyclic) bond motifs is 3. The number of piperazine rings is 3. The highest BCUT2D eigenvalue weighted by molar-refractivity contribution is 5.13. The van der Waals surface area contributed by atoms with Gasteiger partial charge in [0.25, 0.3) is 0 Å². The van der Waals surface area contributed by atoms with Crippen LogP contribution in [0.25, 0.3) is 0 Å². The lowest BCUT2D eigenvalue weighted by Gasteiger charge is -2.50. The third-order valence-electron chi connectivity index (χ3n) is 4.03. The van der Waals surface area contributed by atoms with Crippen LogP contribution in [0.4, 0.5) is 0 Å². The maximum Gasteiger partial charge on any atom is 0.104 e. The molecule has 2 bridgehead atoms. The van der Waals surface area contributed by atoms with E-state index in [1.54, 1.807) is 0 Å². The molecule has 0 aromatic heterocycles. The zero-order valence-corrected chi connectivity index (χ0v) is 10.4. The molecule has 0 radical (unpaired) electrons. The van der Waals surface area contributed by atoms with Gasteiger partial charge in [-0.1, -0.05) is 30.3 Å². The predicted molar refractivity (Wildman–Crippen MR) is 61.4 cm³/mol. The molecule has 0 saturated carbocycles. The molecule has 0 atom stereocenters. The summed E-state index contributed by atoms with van der Waals surface area (Å²) >= 11 is 0. The van der Waals surface area contributed by atoms with Gasteiger partial charge in [-0.15, -0.1) is 0 Å². The van der Waals surface area contributed by atoms with E-state index in [2.05, 4.69) is 35.2 Å². The zero-order chi connectivity index (χ0) is 10.1. The van der Waals surface area contributed by atoms with E-state index in [0.29, 0.717) is 0 Å². The van der Waals surface area contributed by atoms with E-state index in [1.165, 1.54) is 55.9 Å². The SMILES string of the molecule is [Cl-].c1ccc(C[N+]23CCN(CC2)CC3)cc1. The van der Waals surface area contributed by atoms with Crippen molar-refractivity contribution in [2.75, 3.05) is 39.3 Å². The first-order valence-electron chi connectivity index (χ1n) is 5.98. The average molecular weight is 239 g/mol. The smallest absolute Gasteiger partial charge is 0.104 e. The number of quaternary nitrogens is 1. The second kappa shape index (κ2) is 4.74. The normalized spacial score (nSPS) is 32.1. The first-order valence-corrected chi connectivity index (χ1v) is 5.98. The van der Waals surface area contributed by atoms with Crippen LogP contribution in [0.5, 0.6) is 0 Å². The van der Waals surface area contributed by atoms with Crippen LogP contribution in [0, 0.1) is 0 Å². The molecule has 1 aromatic rings. The highest BCUT2D eigenvalue weighted by Crippen LogP contribution is 2.22. The summed E-state index contributed by atoms with van der Waals surface area (Å²) in [5.41, 5.74) is 1.51. The maximum atomic E-state index is 2.60. The summed E-state index contributed by atoms with van der Waals surface area (Å²) in [5, 5.41) is 0. The maximum absolute atomic E-state index is 2.60. The standard InChI is InChI=1S/C13H19N2.ClH/c1-2-4-13(5-3-1)12-15-9-6-14(7-10-15)8-11-15;/h1-5H,6-12H2;1H/q+1;/p-1. The van der Waals surface area contributed by atoms with Crippen molar-refractivity contribution in [3.63, 3.8) is 0 Å². The topological polar surface area (TPSA) is 3.24 Å². The first kappa shape index (κ1) is 11.9. The number of hydrogen-bond acceptors (Lipinski definition) is 1. The molecule has 0 amide bonds. The molecule has 3 fully saturated rings. The highest BCUT2D eigenvalue weighted by atomic mass is 35.5. The summed E-state index contributed by atoms with van der Waals surface area (Å²) in [5.74, 6) is 0. The molecule has 3 aliphatic rings. The molecule has 2 nitrogen and oxygen atoms in total. The van der Waals surface area contributed by atoms with Gasteiger partial charge in [-0.2, -0.15) is 0 Å². The van der Waals surface area contributed by atoms with Crippen molar-refractivity contribution in [2.24, 2.45) is 0 Å². The lowest BCUT2D eigenvalue weighted by Crippen LogP contribution is -3.00. The van der Waals surface area contributed by atoms with E-state index < -0.39 is 0 Å². The molecular formula is C13H19ClN2. The van der Waals surface area contributed by atoms with E-state index in [1.807, 2.05) is 0 Å². The van der Waals surface area contributed by atoms with Crippen LogP contribution in [0.3, 0.4) is 0 Å². The summed E-state index contributed by atoms with van der Waals surface area (Å²) < 4.78 is 1.33. The van der Waals surface area contributed by atoms with Gasteiger partial charge in [0.15, 0.2) is 0 Å². The van der Waals surface area contributed by atoms with E-state index in [0.717, 1.165) is 0 Å². The molecule has 0 aliphatic carbocycles. The van der Waals surface area contributed by atoms with Crippen LogP contribution in [0.2, 0.25) is 0 Å². The zero-order valence-electron chi connectivity index (χ0n) is 9.61. The van der Waals surface area contributed by atoms with Crippen LogP contribution in [-0.2, 0) is 6.54 Å². The fourth-order valence-electron chi connectivity index (χ4n) is 2.94. The molecule has 3 aliphatic heterocycles. The Morgan fingerprint density at radius 1 is 0.938 bits per heavy atom. The molecule has 3 heteroatoms. The molecule has 4 rings (SSSR count). The molecule has 0 N–H and O–H groups in total. The molecule has 16 heavy (non-hydrogen) atoms. The predicted octanol–water partition coefficient (Wildman–Crippen LogP) is -1.66. The van der Waals surface area contributed by atoms with E-state index in [-0.39, 0.29) is 12.4 Å². The van der Waals surface area contributed by atoms with Gasteiger partial charge in [0, 0.05) is 25.2 Å². The first-order chi connectivity index (χ1) is 7.36. The van der Waals surface area contributed by atoms with Gasteiger partial charge >= 0.3 is 0 Å². The largest absolute Gasteiger partial charge is 1.00 e. The third kappa shape index (κ3) is 2.24. The van der Waals surface area contributed by atoms with Crippen LogP contribution in [-0.4, -0.2) is 48.7 Å². The van der Waals surface area contributed by atoms with Gasteiger partial charge < -0.3 is 16.9 Å². The lowest BCUT2D eigenvalue weighted by atomic mass is 10.1. The van der Waals surface area contributed by atoms with Gasteiger partial charge in [-0.05, 0) is 0 Å².